The summed E-state index contributed by atoms with van der Waals surface area (Å²) in [6.07, 6.45) is 7.39. The van der Waals surface area contributed by atoms with Crippen LogP contribution in [0.2, 0.25) is 0 Å². The minimum atomic E-state index is -0.328. The fourth-order valence-corrected chi connectivity index (χ4v) is 3.90. The van der Waals surface area contributed by atoms with Gasteiger partial charge in [-0.25, -0.2) is 4.98 Å². The number of anilines is 1. The molecule has 0 unspecified atom stereocenters. The van der Waals surface area contributed by atoms with E-state index in [0.29, 0.717) is 16.5 Å². The van der Waals surface area contributed by atoms with Gasteiger partial charge in [0, 0.05) is 17.3 Å². The van der Waals surface area contributed by atoms with Crippen LogP contribution in [0.3, 0.4) is 0 Å². The Morgan fingerprint density at radius 3 is 3.10 bits per heavy atom. The molecule has 0 spiro atoms. The van der Waals surface area contributed by atoms with E-state index in [4.69, 9.17) is 0 Å². The highest BCUT2D eigenvalue weighted by Gasteiger charge is 2.25. The molecule has 1 amide bonds. The van der Waals surface area contributed by atoms with Crippen molar-refractivity contribution in [2.45, 2.75) is 26.2 Å². The second-order valence-electron chi connectivity index (χ2n) is 5.21. The van der Waals surface area contributed by atoms with Crippen molar-refractivity contribution in [1.82, 2.24) is 9.97 Å². The lowest BCUT2D eigenvalue weighted by atomic mass is 9.89. The highest BCUT2D eigenvalue weighted by atomic mass is 32.1. The van der Waals surface area contributed by atoms with Crippen molar-refractivity contribution < 1.29 is 4.79 Å². The highest BCUT2D eigenvalue weighted by Crippen LogP contribution is 2.39. The lowest BCUT2D eigenvalue weighted by molar-refractivity contribution is 0.102. The molecule has 1 aliphatic carbocycles. The second kappa shape index (κ2) is 5.62. The zero-order valence-corrected chi connectivity index (χ0v) is 12.4. The largest absolute Gasteiger partial charge is 0.311 e. The molecule has 0 radical (unpaired) electrons. The molecular weight excluding hydrogens is 284 g/mol. The Balaban J connectivity index is 1.90. The predicted octanol–water partition coefficient (Wildman–Crippen LogP) is 2.79. The quantitative estimate of drug-likeness (QED) is 0.924. The number of hydrogen-bond donors (Lipinski definition) is 1. The van der Waals surface area contributed by atoms with Crippen LogP contribution < -0.4 is 5.32 Å². The molecule has 106 valence electrons. The fourth-order valence-electron chi connectivity index (χ4n) is 2.54. The van der Waals surface area contributed by atoms with Gasteiger partial charge in [-0.05, 0) is 30.7 Å². The Morgan fingerprint density at radius 1 is 1.52 bits per heavy atom. The van der Waals surface area contributed by atoms with Gasteiger partial charge in [0.1, 0.15) is 16.8 Å². The molecule has 21 heavy (non-hydrogen) atoms. The van der Waals surface area contributed by atoms with Crippen molar-refractivity contribution in [3.63, 3.8) is 0 Å². The Labute approximate surface area is 126 Å². The van der Waals surface area contributed by atoms with E-state index in [0.717, 1.165) is 24.8 Å². The average molecular weight is 298 g/mol. The van der Waals surface area contributed by atoms with Gasteiger partial charge in [-0.3, -0.25) is 9.78 Å². The Morgan fingerprint density at radius 2 is 2.38 bits per heavy atom. The van der Waals surface area contributed by atoms with Gasteiger partial charge in [-0.15, -0.1) is 11.3 Å². The van der Waals surface area contributed by atoms with E-state index in [1.54, 1.807) is 0 Å². The number of carbonyl (C=O) groups is 1. The summed E-state index contributed by atoms with van der Waals surface area (Å²) in [6.45, 7) is 2.21. The summed E-state index contributed by atoms with van der Waals surface area (Å²) < 4.78 is 0. The molecule has 1 atom stereocenters. The third-order valence-electron chi connectivity index (χ3n) is 3.65. The number of amides is 1. The van der Waals surface area contributed by atoms with Crippen LogP contribution in [0, 0.1) is 17.2 Å². The molecule has 0 saturated heterocycles. The summed E-state index contributed by atoms with van der Waals surface area (Å²) in [4.78, 5) is 21.2. The average Bonchev–Trinajstić information content (AvgIpc) is 2.84. The van der Waals surface area contributed by atoms with Crippen LogP contribution in [0.5, 0.6) is 0 Å². The van der Waals surface area contributed by atoms with Crippen molar-refractivity contribution in [2.24, 2.45) is 5.92 Å². The van der Waals surface area contributed by atoms with Crippen molar-refractivity contribution in [1.29, 1.82) is 5.26 Å². The number of aromatic nitrogens is 2. The summed E-state index contributed by atoms with van der Waals surface area (Å²) in [5.74, 6) is 0.303. The van der Waals surface area contributed by atoms with E-state index >= 15 is 0 Å². The number of nitrogens with one attached hydrogen (secondary N) is 1. The molecule has 2 aromatic rings. The van der Waals surface area contributed by atoms with Crippen molar-refractivity contribution in [3.05, 3.63) is 40.3 Å². The second-order valence-corrected chi connectivity index (χ2v) is 6.32. The number of carbonyl (C=O) groups excluding carboxylic acids is 1. The Hall–Kier alpha value is -2.26. The molecule has 1 N–H and O–H groups in total. The van der Waals surface area contributed by atoms with Crippen LogP contribution >= 0.6 is 11.3 Å². The summed E-state index contributed by atoms with van der Waals surface area (Å²) in [6, 6.07) is 2.24. The van der Waals surface area contributed by atoms with Gasteiger partial charge < -0.3 is 5.32 Å². The molecule has 1 aliphatic rings. The van der Waals surface area contributed by atoms with Crippen LogP contribution in [0.25, 0.3) is 0 Å². The monoisotopic (exact) mass is 298 g/mol. The minimum Gasteiger partial charge on any atom is -0.311 e. The van der Waals surface area contributed by atoms with Crippen LogP contribution in [0.1, 0.15) is 39.8 Å². The van der Waals surface area contributed by atoms with Gasteiger partial charge in [-0.2, -0.15) is 5.26 Å². The van der Waals surface area contributed by atoms with Gasteiger partial charge in [0.25, 0.3) is 5.91 Å². The molecule has 2 heterocycles. The lowest BCUT2D eigenvalue weighted by Crippen LogP contribution is -2.13. The van der Waals surface area contributed by atoms with E-state index in [1.165, 1.54) is 34.8 Å². The number of nitriles is 1. The summed E-state index contributed by atoms with van der Waals surface area (Å²) in [5, 5.41) is 12.8. The smallest absolute Gasteiger partial charge is 0.276 e. The van der Waals surface area contributed by atoms with Crippen LogP contribution in [0.15, 0.2) is 18.6 Å². The topological polar surface area (TPSA) is 78.7 Å². The van der Waals surface area contributed by atoms with E-state index in [1.807, 2.05) is 0 Å². The lowest BCUT2D eigenvalue weighted by Gasteiger charge is -2.17. The van der Waals surface area contributed by atoms with Crippen molar-refractivity contribution >= 4 is 22.2 Å². The van der Waals surface area contributed by atoms with Gasteiger partial charge in [0.05, 0.1) is 11.8 Å². The van der Waals surface area contributed by atoms with Gasteiger partial charge in [0.2, 0.25) is 0 Å². The molecule has 0 aliphatic heterocycles. The van der Waals surface area contributed by atoms with Crippen molar-refractivity contribution in [2.75, 3.05) is 5.32 Å². The number of nitrogens with zero attached hydrogens (tertiary/aromatic N) is 3. The van der Waals surface area contributed by atoms with E-state index < -0.39 is 0 Å². The minimum absolute atomic E-state index is 0.251. The van der Waals surface area contributed by atoms with Gasteiger partial charge in [-0.1, -0.05) is 6.92 Å². The first-order valence-electron chi connectivity index (χ1n) is 6.81. The molecule has 5 nitrogen and oxygen atoms in total. The molecule has 0 bridgehead atoms. The number of hydrogen-bond acceptors (Lipinski definition) is 5. The van der Waals surface area contributed by atoms with E-state index in [9.17, 15) is 10.1 Å². The summed E-state index contributed by atoms with van der Waals surface area (Å²) in [5.41, 5.74) is 1.97. The molecular formula is C15H14N4OS. The van der Waals surface area contributed by atoms with Gasteiger partial charge >= 0.3 is 0 Å². The van der Waals surface area contributed by atoms with Gasteiger partial charge in [0.15, 0.2) is 0 Å². The fraction of sp³-hybridized carbons (Fsp3) is 0.333. The summed E-state index contributed by atoms with van der Waals surface area (Å²) in [7, 11) is 0. The Kier molecular flexibility index (Phi) is 3.67. The van der Waals surface area contributed by atoms with Crippen LogP contribution in [-0.2, 0) is 12.8 Å². The number of fused-ring (bicyclic) bond motifs is 1. The number of thiophene rings is 1. The first-order chi connectivity index (χ1) is 10.2. The molecule has 3 rings (SSSR count). The van der Waals surface area contributed by atoms with Crippen molar-refractivity contribution in [3.8, 4) is 6.07 Å². The first-order valence-corrected chi connectivity index (χ1v) is 7.62. The maximum Gasteiger partial charge on any atom is 0.276 e. The predicted molar refractivity (Wildman–Crippen MR) is 80.2 cm³/mol. The van der Waals surface area contributed by atoms with Crippen LogP contribution in [-0.4, -0.2) is 15.9 Å². The SMILES string of the molecule is C[C@H]1CCc2c(sc(NC(=O)c3cnccn3)c2C#N)C1. The molecule has 6 heteroatoms. The molecule has 2 aromatic heterocycles. The highest BCUT2D eigenvalue weighted by molar-refractivity contribution is 7.16. The molecule has 0 fully saturated rings. The normalized spacial score (nSPS) is 16.9. The Bertz CT molecular complexity index is 717. The van der Waals surface area contributed by atoms with Crippen LogP contribution in [0.4, 0.5) is 5.00 Å². The molecule has 0 saturated carbocycles. The molecule has 0 aromatic carbocycles. The zero-order chi connectivity index (χ0) is 14.8. The zero-order valence-electron chi connectivity index (χ0n) is 11.6. The summed E-state index contributed by atoms with van der Waals surface area (Å²) >= 11 is 1.51. The third-order valence-corrected chi connectivity index (χ3v) is 4.82. The standard InChI is InChI=1S/C15H14N4OS/c1-9-2-3-10-11(7-16)15(21-13(10)6-9)19-14(20)12-8-17-4-5-18-12/h4-5,8-9H,2-3,6H2,1H3,(H,19,20)/t9-/m0/s1. The maximum atomic E-state index is 12.1. The maximum absolute atomic E-state index is 12.1. The third kappa shape index (κ3) is 2.65. The van der Waals surface area contributed by atoms with E-state index in [-0.39, 0.29) is 11.6 Å². The van der Waals surface area contributed by atoms with E-state index in [2.05, 4.69) is 28.3 Å². The first kappa shape index (κ1) is 13.7. The number of rotatable bonds is 2.